The number of thiazole rings is 1. The average molecular weight is 490 g/mol. The Labute approximate surface area is 200 Å². The second kappa shape index (κ2) is 10.8. The van der Waals surface area contributed by atoms with Gasteiger partial charge < -0.3 is 19.1 Å². The van der Waals surface area contributed by atoms with Crippen LogP contribution in [0.1, 0.15) is 16.1 Å². The molecule has 34 heavy (non-hydrogen) atoms. The lowest BCUT2D eigenvalue weighted by atomic mass is 10.1. The van der Waals surface area contributed by atoms with Crippen LogP contribution in [-0.4, -0.2) is 67.7 Å². The van der Waals surface area contributed by atoms with Gasteiger partial charge in [-0.15, -0.1) is 11.3 Å². The molecule has 0 aliphatic carbocycles. The summed E-state index contributed by atoms with van der Waals surface area (Å²) in [4.78, 5) is 21.6. The van der Waals surface area contributed by atoms with E-state index in [9.17, 15) is 13.6 Å². The van der Waals surface area contributed by atoms with E-state index in [-0.39, 0.29) is 23.0 Å². The number of hydrogen-bond acceptors (Lipinski definition) is 7. The van der Waals surface area contributed by atoms with Crippen LogP contribution in [0.15, 0.2) is 47.8 Å². The highest BCUT2D eigenvalue weighted by Gasteiger charge is 2.24. The molecule has 4 rings (SSSR count). The summed E-state index contributed by atoms with van der Waals surface area (Å²) >= 11 is 1.60. The van der Waals surface area contributed by atoms with E-state index in [2.05, 4.69) is 15.0 Å². The number of aromatic nitrogens is 1. The number of halogens is 2. The quantitative estimate of drug-likeness (QED) is 0.468. The summed E-state index contributed by atoms with van der Waals surface area (Å²) in [6.07, 6.45) is 0. The molecule has 1 aromatic heterocycles. The van der Waals surface area contributed by atoms with Crippen molar-refractivity contribution < 1.29 is 27.8 Å². The molecular formula is C24H25F2N3O4S. The number of rotatable bonds is 8. The first-order valence-electron chi connectivity index (χ1n) is 10.7. The van der Waals surface area contributed by atoms with E-state index in [0.29, 0.717) is 32.7 Å². The molecule has 1 fully saturated rings. The summed E-state index contributed by atoms with van der Waals surface area (Å²) in [7, 11) is 3.00. The molecule has 0 bridgehead atoms. The maximum absolute atomic E-state index is 12.9. The second-order valence-corrected chi connectivity index (χ2v) is 8.54. The van der Waals surface area contributed by atoms with Gasteiger partial charge in [-0.2, -0.15) is 8.78 Å². The van der Waals surface area contributed by atoms with Crippen LogP contribution in [0.4, 0.5) is 8.78 Å². The van der Waals surface area contributed by atoms with Gasteiger partial charge in [0.05, 0.1) is 19.9 Å². The summed E-state index contributed by atoms with van der Waals surface area (Å²) in [5.74, 6) is 0.578. The standard InChI is InChI=1S/C24H25F2N3O4S/c1-31-19-6-3-16(4-7-19)22-27-18(15-34-22)14-28-9-11-29(12-10-28)23(30)17-5-8-20(32-2)21(13-17)33-24(25)26/h3-8,13,15,24H,9-12,14H2,1-2H3. The number of amides is 1. The SMILES string of the molecule is COc1ccc(-c2nc(CN3CCN(C(=O)c4ccc(OC)c(OC(F)F)c4)CC3)cs2)cc1. The Bertz CT molecular complexity index is 1120. The largest absolute Gasteiger partial charge is 0.497 e. The number of carbonyl (C=O) groups excluding carboxylic acids is 1. The maximum Gasteiger partial charge on any atom is 0.387 e. The predicted octanol–water partition coefficient (Wildman–Crippen LogP) is 4.39. The van der Waals surface area contributed by atoms with E-state index >= 15 is 0 Å². The van der Waals surface area contributed by atoms with Crippen LogP contribution in [-0.2, 0) is 6.54 Å². The number of piperazine rings is 1. The van der Waals surface area contributed by atoms with E-state index < -0.39 is 6.61 Å². The number of carbonyl (C=O) groups is 1. The fourth-order valence-corrected chi connectivity index (χ4v) is 4.58. The highest BCUT2D eigenvalue weighted by atomic mass is 32.1. The van der Waals surface area contributed by atoms with E-state index in [4.69, 9.17) is 14.5 Å². The average Bonchev–Trinajstić information content (AvgIpc) is 3.32. The summed E-state index contributed by atoms with van der Waals surface area (Å²) < 4.78 is 40.1. The van der Waals surface area contributed by atoms with Crippen molar-refractivity contribution in [2.75, 3.05) is 40.4 Å². The van der Waals surface area contributed by atoms with Crippen LogP contribution in [0.2, 0.25) is 0 Å². The fourth-order valence-electron chi connectivity index (χ4n) is 3.76. The Morgan fingerprint density at radius 1 is 1.03 bits per heavy atom. The van der Waals surface area contributed by atoms with E-state index in [1.165, 1.54) is 19.2 Å². The minimum Gasteiger partial charge on any atom is -0.497 e. The number of alkyl halides is 2. The lowest BCUT2D eigenvalue weighted by Crippen LogP contribution is -2.48. The summed E-state index contributed by atoms with van der Waals surface area (Å²) in [6.45, 7) is 0.147. The summed E-state index contributed by atoms with van der Waals surface area (Å²) in [5.41, 5.74) is 2.32. The zero-order valence-corrected chi connectivity index (χ0v) is 19.7. The van der Waals surface area contributed by atoms with Gasteiger partial charge in [0.25, 0.3) is 5.91 Å². The van der Waals surface area contributed by atoms with Crippen molar-refractivity contribution in [3.8, 4) is 27.8 Å². The third-order valence-corrected chi connectivity index (χ3v) is 6.50. The molecule has 0 N–H and O–H groups in total. The predicted molar refractivity (Wildman–Crippen MR) is 125 cm³/mol. The normalized spacial score (nSPS) is 14.3. The van der Waals surface area contributed by atoms with Crippen molar-refractivity contribution in [3.05, 3.63) is 59.1 Å². The van der Waals surface area contributed by atoms with E-state index in [1.807, 2.05) is 24.3 Å². The number of ether oxygens (including phenoxy) is 3. The molecule has 1 amide bonds. The smallest absolute Gasteiger partial charge is 0.387 e. The van der Waals surface area contributed by atoms with Gasteiger partial charge in [-0.1, -0.05) is 0 Å². The molecule has 1 aliphatic heterocycles. The van der Waals surface area contributed by atoms with E-state index in [0.717, 1.165) is 22.0 Å². The molecule has 2 heterocycles. The molecule has 1 saturated heterocycles. The first kappa shape index (κ1) is 23.9. The van der Waals surface area contributed by atoms with Crippen molar-refractivity contribution in [2.24, 2.45) is 0 Å². The number of benzene rings is 2. The Morgan fingerprint density at radius 2 is 1.76 bits per heavy atom. The molecule has 0 unspecified atom stereocenters. The minimum atomic E-state index is -3.00. The monoisotopic (exact) mass is 489 g/mol. The van der Waals surface area contributed by atoms with Gasteiger partial charge in [0.1, 0.15) is 10.8 Å². The molecule has 0 saturated carbocycles. The van der Waals surface area contributed by atoms with Crippen LogP contribution in [0, 0.1) is 0 Å². The first-order chi connectivity index (χ1) is 16.5. The van der Waals surface area contributed by atoms with Gasteiger partial charge in [-0.05, 0) is 42.5 Å². The zero-order valence-electron chi connectivity index (χ0n) is 18.9. The second-order valence-electron chi connectivity index (χ2n) is 7.68. The third kappa shape index (κ3) is 5.63. The van der Waals surface area contributed by atoms with Crippen LogP contribution >= 0.6 is 11.3 Å². The molecule has 2 aromatic carbocycles. The highest BCUT2D eigenvalue weighted by molar-refractivity contribution is 7.13. The van der Waals surface area contributed by atoms with E-state index in [1.54, 1.807) is 29.4 Å². The highest BCUT2D eigenvalue weighted by Crippen LogP contribution is 2.30. The van der Waals surface area contributed by atoms with Crippen molar-refractivity contribution >= 4 is 17.2 Å². The third-order valence-electron chi connectivity index (χ3n) is 5.56. The van der Waals surface area contributed by atoms with Crippen molar-refractivity contribution in [2.45, 2.75) is 13.2 Å². The van der Waals surface area contributed by atoms with Gasteiger partial charge in [-0.3, -0.25) is 9.69 Å². The number of hydrogen-bond donors (Lipinski definition) is 0. The fraction of sp³-hybridized carbons (Fsp3) is 0.333. The summed E-state index contributed by atoms with van der Waals surface area (Å²) in [6, 6.07) is 12.1. The number of methoxy groups -OCH3 is 2. The molecule has 0 spiro atoms. The van der Waals surface area contributed by atoms with Gasteiger partial charge in [0.15, 0.2) is 11.5 Å². The Balaban J connectivity index is 1.34. The van der Waals surface area contributed by atoms with Crippen molar-refractivity contribution in [1.29, 1.82) is 0 Å². The van der Waals surface area contributed by atoms with Crippen LogP contribution in [0.3, 0.4) is 0 Å². The lowest BCUT2D eigenvalue weighted by molar-refractivity contribution is -0.0512. The molecular weight excluding hydrogens is 464 g/mol. The van der Waals surface area contributed by atoms with Gasteiger partial charge in [0, 0.05) is 49.2 Å². The first-order valence-corrected chi connectivity index (χ1v) is 11.6. The maximum atomic E-state index is 12.9. The van der Waals surface area contributed by atoms with Gasteiger partial charge >= 0.3 is 6.61 Å². The Kier molecular flexibility index (Phi) is 7.59. The molecule has 0 atom stereocenters. The molecule has 180 valence electrons. The summed E-state index contributed by atoms with van der Waals surface area (Å²) in [5, 5.41) is 3.01. The van der Waals surface area contributed by atoms with Crippen molar-refractivity contribution in [1.82, 2.24) is 14.8 Å². The molecule has 0 radical (unpaired) electrons. The van der Waals surface area contributed by atoms with Crippen LogP contribution in [0.5, 0.6) is 17.2 Å². The molecule has 10 heteroatoms. The lowest BCUT2D eigenvalue weighted by Gasteiger charge is -2.34. The minimum absolute atomic E-state index is 0.152. The van der Waals surface area contributed by atoms with Crippen LogP contribution < -0.4 is 14.2 Å². The topological polar surface area (TPSA) is 64.1 Å². The van der Waals surface area contributed by atoms with Gasteiger partial charge in [0.2, 0.25) is 0 Å². The molecule has 3 aromatic rings. The van der Waals surface area contributed by atoms with Crippen molar-refractivity contribution in [3.63, 3.8) is 0 Å². The molecule has 1 aliphatic rings. The van der Waals surface area contributed by atoms with Crippen LogP contribution in [0.25, 0.3) is 10.6 Å². The van der Waals surface area contributed by atoms with Gasteiger partial charge in [-0.25, -0.2) is 4.98 Å². The molecule has 7 nitrogen and oxygen atoms in total. The Morgan fingerprint density at radius 3 is 2.41 bits per heavy atom. The number of nitrogens with zero attached hydrogens (tertiary/aromatic N) is 3. The zero-order chi connectivity index (χ0) is 24.1. The Hall–Kier alpha value is -3.24.